The molecule has 2 nitrogen and oxygen atoms in total. The van der Waals surface area contributed by atoms with E-state index in [1.807, 2.05) is 0 Å². The zero-order chi connectivity index (χ0) is 9.19. The molecule has 2 N–H and O–H groups in total. The van der Waals surface area contributed by atoms with Gasteiger partial charge in [0, 0.05) is 5.56 Å². The molecule has 0 aliphatic rings. The summed E-state index contributed by atoms with van der Waals surface area (Å²) < 4.78 is 29.7. The normalized spacial score (nSPS) is 11.3. The zero-order valence-electron chi connectivity index (χ0n) is 6.55. The Hall–Kier alpha value is -1.16. The molecule has 0 aliphatic heterocycles. The molecular weight excluding hydrogens is 164 g/mol. The second-order valence-electron chi connectivity index (χ2n) is 2.35. The van der Waals surface area contributed by atoms with Crippen molar-refractivity contribution in [1.29, 1.82) is 0 Å². The van der Waals surface area contributed by atoms with Crippen molar-refractivity contribution in [3.05, 3.63) is 29.8 Å². The SMILES string of the molecule is COc1ccc(C(N)(F)F)cc1. The van der Waals surface area contributed by atoms with Crippen LogP contribution in [0.25, 0.3) is 0 Å². The minimum atomic E-state index is -3.27. The van der Waals surface area contributed by atoms with Crippen molar-refractivity contribution in [3.63, 3.8) is 0 Å². The first-order valence-corrected chi connectivity index (χ1v) is 3.35. The van der Waals surface area contributed by atoms with Crippen LogP contribution in [0.1, 0.15) is 5.56 Å². The van der Waals surface area contributed by atoms with Crippen LogP contribution >= 0.6 is 0 Å². The van der Waals surface area contributed by atoms with Crippen LogP contribution in [-0.2, 0) is 6.05 Å². The highest BCUT2D eigenvalue weighted by Gasteiger charge is 2.24. The van der Waals surface area contributed by atoms with Gasteiger partial charge in [0.05, 0.1) is 7.11 Å². The van der Waals surface area contributed by atoms with Crippen LogP contribution in [0.4, 0.5) is 8.78 Å². The molecule has 4 heteroatoms. The molecule has 1 rings (SSSR count). The molecule has 0 spiro atoms. The highest BCUT2D eigenvalue weighted by molar-refractivity contribution is 5.29. The fraction of sp³-hybridized carbons (Fsp3) is 0.250. The average molecular weight is 173 g/mol. The molecule has 0 aliphatic carbocycles. The van der Waals surface area contributed by atoms with E-state index in [1.165, 1.54) is 31.4 Å². The number of alkyl halides is 2. The van der Waals surface area contributed by atoms with Crippen molar-refractivity contribution in [2.24, 2.45) is 5.73 Å². The lowest BCUT2D eigenvalue weighted by molar-refractivity contribution is 0.00295. The zero-order valence-corrected chi connectivity index (χ0v) is 6.55. The van der Waals surface area contributed by atoms with Gasteiger partial charge in [-0.1, -0.05) is 0 Å². The second-order valence-corrected chi connectivity index (χ2v) is 2.35. The number of methoxy groups -OCH3 is 1. The van der Waals surface area contributed by atoms with Crippen LogP contribution in [0.15, 0.2) is 24.3 Å². The van der Waals surface area contributed by atoms with E-state index in [0.717, 1.165) is 0 Å². The van der Waals surface area contributed by atoms with Crippen molar-refractivity contribution in [2.45, 2.75) is 6.05 Å². The third-order valence-corrected chi connectivity index (χ3v) is 1.47. The molecule has 1 aromatic rings. The van der Waals surface area contributed by atoms with Crippen molar-refractivity contribution < 1.29 is 13.5 Å². The van der Waals surface area contributed by atoms with Crippen molar-refractivity contribution >= 4 is 0 Å². The van der Waals surface area contributed by atoms with Gasteiger partial charge in [-0.05, 0) is 24.3 Å². The van der Waals surface area contributed by atoms with Crippen LogP contribution in [0.5, 0.6) is 5.75 Å². The highest BCUT2D eigenvalue weighted by atomic mass is 19.3. The van der Waals surface area contributed by atoms with Crippen LogP contribution in [-0.4, -0.2) is 7.11 Å². The predicted octanol–water partition coefficient (Wildman–Crippen LogP) is 1.70. The predicted molar refractivity (Wildman–Crippen MR) is 41.1 cm³/mol. The first-order valence-electron chi connectivity index (χ1n) is 3.35. The van der Waals surface area contributed by atoms with Crippen molar-refractivity contribution in [2.75, 3.05) is 7.11 Å². The first-order chi connectivity index (χ1) is 5.54. The Morgan fingerprint density at radius 1 is 1.25 bits per heavy atom. The van der Waals surface area contributed by atoms with Gasteiger partial charge in [0.2, 0.25) is 0 Å². The maximum absolute atomic E-state index is 12.4. The molecule has 0 bridgehead atoms. The molecule has 0 heterocycles. The smallest absolute Gasteiger partial charge is 0.326 e. The summed E-state index contributed by atoms with van der Waals surface area (Å²) in [4.78, 5) is 0. The Morgan fingerprint density at radius 3 is 2.08 bits per heavy atom. The monoisotopic (exact) mass is 173 g/mol. The van der Waals surface area contributed by atoms with E-state index in [1.54, 1.807) is 0 Å². The quantitative estimate of drug-likeness (QED) is 0.691. The lowest BCUT2D eigenvalue weighted by Crippen LogP contribution is -2.24. The van der Waals surface area contributed by atoms with Gasteiger partial charge in [-0.2, -0.15) is 8.78 Å². The van der Waals surface area contributed by atoms with Crippen molar-refractivity contribution in [1.82, 2.24) is 0 Å². The molecule has 0 saturated heterocycles. The van der Waals surface area contributed by atoms with E-state index in [4.69, 9.17) is 4.74 Å². The van der Waals surface area contributed by atoms with E-state index in [2.05, 4.69) is 5.73 Å². The fourth-order valence-electron chi connectivity index (χ4n) is 0.813. The standard InChI is InChI=1S/C8H9F2NO/c1-12-7-4-2-6(3-5-7)8(9,10)11/h2-5H,11H2,1H3. The first kappa shape index (κ1) is 8.93. The molecule has 0 unspecified atom stereocenters. The van der Waals surface area contributed by atoms with Gasteiger partial charge >= 0.3 is 6.05 Å². The molecule has 0 fully saturated rings. The van der Waals surface area contributed by atoms with E-state index < -0.39 is 6.05 Å². The van der Waals surface area contributed by atoms with Gasteiger partial charge in [0.1, 0.15) is 5.75 Å². The number of rotatable bonds is 2. The average Bonchev–Trinajstić information content (AvgIpc) is 2.03. The van der Waals surface area contributed by atoms with E-state index in [0.29, 0.717) is 5.75 Å². The molecule has 1 aromatic carbocycles. The molecule has 0 saturated carbocycles. The summed E-state index contributed by atoms with van der Waals surface area (Å²) in [6.07, 6.45) is 0. The number of nitrogens with two attached hydrogens (primary N) is 1. The Morgan fingerprint density at radius 2 is 1.75 bits per heavy atom. The highest BCUT2D eigenvalue weighted by Crippen LogP contribution is 2.23. The van der Waals surface area contributed by atoms with Crippen LogP contribution in [0, 0.1) is 0 Å². The van der Waals surface area contributed by atoms with E-state index >= 15 is 0 Å². The molecule has 0 atom stereocenters. The van der Waals surface area contributed by atoms with Gasteiger partial charge in [0.25, 0.3) is 0 Å². The van der Waals surface area contributed by atoms with Crippen LogP contribution < -0.4 is 10.5 Å². The summed E-state index contributed by atoms with van der Waals surface area (Å²) in [6.45, 7) is 0. The van der Waals surface area contributed by atoms with Gasteiger partial charge in [-0.25, -0.2) is 0 Å². The maximum Gasteiger partial charge on any atom is 0.326 e. The van der Waals surface area contributed by atoms with Gasteiger partial charge in [-0.15, -0.1) is 0 Å². The van der Waals surface area contributed by atoms with E-state index in [9.17, 15) is 8.78 Å². The summed E-state index contributed by atoms with van der Waals surface area (Å²) in [5, 5.41) is 0. The van der Waals surface area contributed by atoms with Gasteiger partial charge in [0.15, 0.2) is 0 Å². The molecule has 12 heavy (non-hydrogen) atoms. The topological polar surface area (TPSA) is 35.2 Å². The molecule has 0 aromatic heterocycles. The van der Waals surface area contributed by atoms with E-state index in [-0.39, 0.29) is 5.56 Å². The van der Waals surface area contributed by atoms with Crippen LogP contribution in [0.3, 0.4) is 0 Å². The minimum Gasteiger partial charge on any atom is -0.497 e. The summed E-state index contributed by atoms with van der Waals surface area (Å²) in [5.41, 5.74) is 4.35. The lowest BCUT2D eigenvalue weighted by atomic mass is 10.2. The molecule has 66 valence electrons. The molecule has 0 radical (unpaired) electrons. The lowest BCUT2D eigenvalue weighted by Gasteiger charge is -2.10. The molecular formula is C8H9F2NO. The summed E-state index contributed by atoms with van der Waals surface area (Å²) in [6, 6.07) is 2.08. The van der Waals surface area contributed by atoms with Gasteiger partial charge in [-0.3, -0.25) is 5.73 Å². The Balaban J connectivity index is 2.93. The maximum atomic E-state index is 12.4. The van der Waals surface area contributed by atoms with Gasteiger partial charge < -0.3 is 4.74 Å². The molecule has 0 amide bonds. The summed E-state index contributed by atoms with van der Waals surface area (Å²) in [7, 11) is 1.47. The Bertz CT molecular complexity index is 253. The number of benzene rings is 1. The number of halogens is 2. The third-order valence-electron chi connectivity index (χ3n) is 1.47. The number of hydrogen-bond donors (Lipinski definition) is 1. The number of hydrogen-bond acceptors (Lipinski definition) is 2. The minimum absolute atomic E-state index is 0.219. The van der Waals surface area contributed by atoms with Crippen molar-refractivity contribution in [3.8, 4) is 5.75 Å². The Kier molecular flexibility index (Phi) is 2.28. The third kappa shape index (κ3) is 1.92. The fourth-order valence-corrected chi connectivity index (χ4v) is 0.813. The summed E-state index contributed by atoms with van der Waals surface area (Å²) in [5.74, 6) is 0.531. The second kappa shape index (κ2) is 3.06. The van der Waals surface area contributed by atoms with Crippen LogP contribution in [0.2, 0.25) is 0 Å². The summed E-state index contributed by atoms with van der Waals surface area (Å²) >= 11 is 0. The number of ether oxygens (including phenoxy) is 1. The largest absolute Gasteiger partial charge is 0.497 e. The Labute approximate surface area is 68.9 Å².